The molecule has 0 unspecified atom stereocenters. The lowest BCUT2D eigenvalue weighted by Crippen LogP contribution is -2.61. The average Bonchev–Trinajstić information content (AvgIpc) is 0.850. The number of fused-ring (bicyclic) bond motifs is 8. The van der Waals surface area contributed by atoms with Crippen molar-refractivity contribution in [2.75, 3.05) is 14.7 Å². The molecule has 0 radical (unpaired) electrons. The number of para-hydroxylation sites is 1. The van der Waals surface area contributed by atoms with Gasteiger partial charge in [0.15, 0.2) is 0 Å². The molecular weight excluding hydrogens is 1070 g/mol. The summed E-state index contributed by atoms with van der Waals surface area (Å²) in [5.74, 6) is 1.07. The number of hydrogen-bond donors (Lipinski definition) is 0. The molecule has 2 aliphatic heterocycles. The van der Waals surface area contributed by atoms with E-state index in [2.05, 4.69) is 300 Å². The summed E-state index contributed by atoms with van der Waals surface area (Å²) in [6.07, 6.45) is 14.3. The molecule has 6 heteroatoms. The predicted octanol–water partition coefficient (Wildman–Crippen LogP) is 20.0. The van der Waals surface area contributed by atoms with E-state index < -0.39 is 0 Å². The Balaban J connectivity index is 0.00000246. The lowest BCUT2D eigenvalue weighted by molar-refractivity contribution is 0.506. The molecule has 0 atom stereocenters. The first-order valence-electron chi connectivity index (χ1n) is 31.9. The van der Waals surface area contributed by atoms with Gasteiger partial charge in [-0.1, -0.05) is 194 Å². The normalized spacial score (nSPS) is 14.1. The van der Waals surface area contributed by atoms with Gasteiger partial charge in [-0.3, -0.25) is 0 Å². The molecule has 0 amide bonds. The van der Waals surface area contributed by atoms with E-state index in [1.807, 2.05) is 13.0 Å². The molecule has 88 heavy (non-hydrogen) atoms. The number of benzene rings is 8. The second-order valence-electron chi connectivity index (χ2n) is 28.1. The number of rotatable bonds is 10. The molecule has 0 saturated carbocycles. The highest BCUT2D eigenvalue weighted by Crippen LogP contribution is 2.49. The molecule has 13 rings (SSSR count). The summed E-state index contributed by atoms with van der Waals surface area (Å²) < 4.78 is 13.3. The van der Waals surface area contributed by atoms with Crippen molar-refractivity contribution in [3.8, 4) is 0 Å². The van der Waals surface area contributed by atoms with Gasteiger partial charge in [0.2, 0.25) is 0 Å². The molecular formula is C82H86BN3O2. The van der Waals surface area contributed by atoms with Crippen LogP contribution in [-0.2, 0) is 28.1 Å². The lowest BCUT2D eigenvalue weighted by Gasteiger charge is -2.45. The van der Waals surface area contributed by atoms with E-state index in [0.29, 0.717) is 0 Å². The molecule has 2 aromatic heterocycles. The van der Waals surface area contributed by atoms with Crippen LogP contribution < -0.4 is 41.7 Å². The van der Waals surface area contributed by atoms with E-state index in [0.717, 1.165) is 98.4 Å². The lowest BCUT2D eigenvalue weighted by atomic mass is 9.33. The minimum atomic E-state index is -0.210. The molecule has 0 fully saturated rings. The smallest absolute Gasteiger partial charge is 0.252 e. The third-order valence-electron chi connectivity index (χ3n) is 18.6. The fourth-order valence-electron chi connectivity index (χ4n) is 13.2. The second-order valence-corrected chi connectivity index (χ2v) is 28.1. The summed E-state index contributed by atoms with van der Waals surface area (Å²) in [6.45, 7) is 39.7. The zero-order valence-electron chi connectivity index (χ0n) is 54.5. The van der Waals surface area contributed by atoms with Gasteiger partial charge in [0, 0.05) is 85.2 Å². The van der Waals surface area contributed by atoms with Crippen molar-refractivity contribution in [2.24, 2.45) is 0 Å². The Kier molecular flexibility index (Phi) is 15.4. The zero-order chi connectivity index (χ0) is 62.2. The third-order valence-corrected chi connectivity index (χ3v) is 18.6. The fraction of sp³-hybridized carbons (Fsp3) is 0.268. The van der Waals surface area contributed by atoms with Crippen molar-refractivity contribution >= 4 is 114 Å². The summed E-state index contributed by atoms with van der Waals surface area (Å²) in [6, 6.07) is 62.7. The summed E-state index contributed by atoms with van der Waals surface area (Å²) in [5, 5.41) is 3.08. The van der Waals surface area contributed by atoms with Crippen molar-refractivity contribution in [3.63, 3.8) is 0 Å². The topological polar surface area (TPSA) is 36.0 Å². The molecule has 5 nitrogen and oxygen atoms in total. The number of furan rings is 2. The van der Waals surface area contributed by atoms with Crippen molar-refractivity contribution in [1.29, 1.82) is 0 Å². The largest absolute Gasteiger partial charge is 0.460 e. The van der Waals surface area contributed by atoms with Gasteiger partial charge in [0.1, 0.15) is 22.3 Å². The van der Waals surface area contributed by atoms with Crippen molar-refractivity contribution < 1.29 is 8.83 Å². The van der Waals surface area contributed by atoms with Crippen LogP contribution in [0.15, 0.2) is 204 Å². The highest BCUT2D eigenvalue weighted by molar-refractivity contribution is 7.00. The highest BCUT2D eigenvalue weighted by atomic mass is 16.3. The molecule has 10 aromatic rings. The summed E-state index contributed by atoms with van der Waals surface area (Å²) in [4.78, 5) is 7.56. The predicted molar refractivity (Wildman–Crippen MR) is 380 cm³/mol. The molecule has 1 aliphatic carbocycles. The zero-order valence-corrected chi connectivity index (χ0v) is 54.5. The first kappa shape index (κ1) is 59.6. The van der Waals surface area contributed by atoms with Gasteiger partial charge in [-0.05, 0) is 189 Å². The number of aryl methyl sites for hydroxylation is 1. The number of anilines is 9. The Bertz CT molecular complexity index is 4490. The maximum Gasteiger partial charge on any atom is 0.252 e. The Labute approximate surface area is 523 Å². The van der Waals surface area contributed by atoms with E-state index in [4.69, 9.17) is 8.83 Å². The fourth-order valence-corrected chi connectivity index (χ4v) is 13.2. The van der Waals surface area contributed by atoms with Crippen molar-refractivity contribution in [3.05, 3.63) is 244 Å². The molecule has 0 bridgehead atoms. The van der Waals surface area contributed by atoms with E-state index in [-0.39, 0.29) is 28.4 Å². The van der Waals surface area contributed by atoms with E-state index in [1.54, 1.807) is 6.08 Å². The highest BCUT2D eigenvalue weighted by Gasteiger charge is 2.45. The van der Waals surface area contributed by atoms with Crippen LogP contribution in [0.5, 0.6) is 0 Å². The van der Waals surface area contributed by atoms with E-state index in [1.165, 1.54) is 72.1 Å². The second kappa shape index (κ2) is 22.8. The van der Waals surface area contributed by atoms with Crippen LogP contribution in [0.3, 0.4) is 0 Å². The Hall–Kier alpha value is -8.74. The van der Waals surface area contributed by atoms with Crippen molar-refractivity contribution in [2.45, 2.75) is 144 Å². The van der Waals surface area contributed by atoms with Crippen LogP contribution in [0, 0.1) is 0 Å². The molecule has 0 saturated heterocycles. The molecule has 0 spiro atoms. The maximum absolute atomic E-state index is 6.79. The van der Waals surface area contributed by atoms with Gasteiger partial charge >= 0.3 is 0 Å². The van der Waals surface area contributed by atoms with Crippen LogP contribution in [0.25, 0.3) is 40.2 Å². The minimum Gasteiger partial charge on any atom is -0.460 e. The quantitative estimate of drug-likeness (QED) is 0.101. The van der Waals surface area contributed by atoms with Crippen LogP contribution in [0.1, 0.15) is 155 Å². The Morgan fingerprint density at radius 3 is 1.80 bits per heavy atom. The Morgan fingerprint density at radius 1 is 0.557 bits per heavy atom. The van der Waals surface area contributed by atoms with Gasteiger partial charge in [0.05, 0.1) is 0 Å². The van der Waals surface area contributed by atoms with Crippen molar-refractivity contribution in [1.82, 2.24) is 0 Å². The van der Waals surface area contributed by atoms with Crippen LogP contribution in [0.4, 0.5) is 51.2 Å². The Morgan fingerprint density at radius 2 is 1.16 bits per heavy atom. The molecule has 0 N–H and O–H groups in total. The molecule has 4 heterocycles. The first-order valence-corrected chi connectivity index (χ1v) is 31.9. The SMILES string of the molecule is C=CC.C=c1/c(=C\C=C/CC)oc2cc(N3c4cc(N(c5ccc(C(C)(C)C)cc5)c5ccc(C(C)(C)CC)cc5)ccc4B4c5cc(C(C)(C)C)ccc5N(c5ccc(C6=CCCc7oc8ccccc8c76)cc5)c5cc(C(C)(C)C)cc3c54)ccc12. The van der Waals surface area contributed by atoms with Gasteiger partial charge < -0.3 is 23.5 Å². The van der Waals surface area contributed by atoms with Gasteiger partial charge in [-0.15, -0.1) is 6.58 Å². The molecule has 8 aromatic carbocycles. The number of nitrogens with zero attached hydrogens (tertiary/aromatic N) is 3. The van der Waals surface area contributed by atoms with Crippen LogP contribution in [-0.4, -0.2) is 6.71 Å². The maximum atomic E-state index is 6.79. The average molecular weight is 1160 g/mol. The van der Waals surface area contributed by atoms with Crippen LogP contribution in [0.2, 0.25) is 0 Å². The van der Waals surface area contributed by atoms with E-state index in [9.17, 15) is 0 Å². The molecule has 444 valence electrons. The van der Waals surface area contributed by atoms with E-state index >= 15 is 0 Å². The standard InChI is InChI=1S/C79H80BN3O2.C3H6/c1-15-17-18-24-70-50(3)61-42-40-60(49-73(61)84-70)83-67-48-59(81(56-36-29-52(30-37-56)76(4,5)6)57-38-31-53(32-39-57)79(13,14)16-2)41-43-64(67)80-65-45-54(77(7,8)9)33-44-66(65)82(68-46-55(78(10,11)12)47-69(83)75(68)80)58-34-27-51(28-35-58)62-23-21-26-72-74(62)63-22-19-20-25-71(63)85-72;1-3-2/h17-20,22-25,27-49H,3,15-16,21,26H2,1-2,4-14H3;3H,1H2,2H3/b18-17-,70-24+;. The number of allylic oxidation sites excluding steroid dienone is 4. The summed E-state index contributed by atoms with van der Waals surface area (Å²) in [7, 11) is 0. The van der Waals surface area contributed by atoms with Gasteiger partial charge in [-0.25, -0.2) is 0 Å². The first-order chi connectivity index (χ1) is 42.0. The number of hydrogen-bond acceptors (Lipinski definition) is 5. The monoisotopic (exact) mass is 1160 g/mol. The van der Waals surface area contributed by atoms with Gasteiger partial charge in [-0.2, -0.15) is 0 Å². The molecule has 3 aliphatic rings. The summed E-state index contributed by atoms with van der Waals surface area (Å²) in [5.41, 5.74) is 25.0. The minimum absolute atomic E-state index is 0.00576. The third kappa shape index (κ3) is 10.7. The summed E-state index contributed by atoms with van der Waals surface area (Å²) >= 11 is 0. The van der Waals surface area contributed by atoms with Crippen LogP contribution >= 0.6 is 0 Å². The van der Waals surface area contributed by atoms with Gasteiger partial charge in [0.25, 0.3) is 6.71 Å².